The zero-order chi connectivity index (χ0) is 14.8. The summed E-state index contributed by atoms with van der Waals surface area (Å²) in [5.74, 6) is -0.405. The number of hydrogen-bond donors (Lipinski definition) is 0. The van der Waals surface area contributed by atoms with Crippen molar-refractivity contribution in [3.63, 3.8) is 0 Å². The van der Waals surface area contributed by atoms with Crippen LogP contribution < -0.4 is 0 Å². The third-order valence-corrected chi connectivity index (χ3v) is 5.02. The van der Waals surface area contributed by atoms with E-state index in [1.807, 2.05) is 0 Å². The molecule has 0 fully saturated rings. The molecule has 0 aliphatic carbocycles. The van der Waals surface area contributed by atoms with Crippen LogP contribution in [0.5, 0.6) is 0 Å². The van der Waals surface area contributed by atoms with E-state index in [1.165, 1.54) is 36.6 Å². The van der Waals surface area contributed by atoms with Crippen LogP contribution in [0.2, 0.25) is 0 Å². The molecule has 106 valence electrons. The lowest BCUT2D eigenvalue weighted by molar-refractivity contribution is 0.0991. The zero-order valence-corrected chi connectivity index (χ0v) is 12.2. The number of hydrogen-bond acceptors (Lipinski definition) is 5. The Labute approximate surface area is 119 Å². The van der Waals surface area contributed by atoms with Gasteiger partial charge in [0.1, 0.15) is 0 Å². The summed E-state index contributed by atoms with van der Waals surface area (Å²) >= 11 is 0. The molecular weight excluding hydrogens is 300 g/mol. The third kappa shape index (κ3) is 3.43. The largest absolute Gasteiger partial charge is 0.461 e. The first-order valence-corrected chi connectivity index (χ1v) is 8.84. The van der Waals surface area contributed by atoms with E-state index in [2.05, 4.69) is 0 Å². The van der Waals surface area contributed by atoms with Gasteiger partial charge in [-0.25, -0.2) is 8.42 Å². The number of rotatable bonds is 5. The van der Waals surface area contributed by atoms with Gasteiger partial charge in [0.25, 0.3) is 0 Å². The summed E-state index contributed by atoms with van der Waals surface area (Å²) in [5.41, 5.74) is 0. The highest BCUT2D eigenvalue weighted by Gasteiger charge is 2.15. The molecule has 2 aromatic rings. The molecule has 1 aromatic carbocycles. The Kier molecular flexibility index (Phi) is 4.20. The molecule has 0 saturated heterocycles. The molecular formula is C13H12O5S2. The Morgan fingerprint density at radius 1 is 1.20 bits per heavy atom. The molecule has 20 heavy (non-hydrogen) atoms. The number of sulfone groups is 1. The number of ketones is 1. The third-order valence-electron chi connectivity index (χ3n) is 2.57. The summed E-state index contributed by atoms with van der Waals surface area (Å²) in [6, 6.07) is 8.73. The van der Waals surface area contributed by atoms with E-state index in [0.29, 0.717) is 4.90 Å². The molecule has 7 heteroatoms. The quantitative estimate of drug-likeness (QED) is 0.784. The minimum absolute atomic E-state index is 0.149. The Hall–Kier alpha value is -1.73. The van der Waals surface area contributed by atoms with Crippen molar-refractivity contribution in [1.29, 1.82) is 0 Å². The van der Waals surface area contributed by atoms with E-state index in [4.69, 9.17) is 4.42 Å². The van der Waals surface area contributed by atoms with Gasteiger partial charge in [-0.2, -0.15) is 0 Å². The minimum atomic E-state index is -3.28. The van der Waals surface area contributed by atoms with Crippen molar-refractivity contribution in [1.82, 2.24) is 0 Å². The van der Waals surface area contributed by atoms with Crippen molar-refractivity contribution in [2.24, 2.45) is 0 Å². The van der Waals surface area contributed by atoms with Crippen molar-refractivity contribution in [3.05, 3.63) is 48.4 Å². The van der Waals surface area contributed by atoms with Crippen molar-refractivity contribution < 1.29 is 21.8 Å². The van der Waals surface area contributed by atoms with Crippen LogP contribution in [0.15, 0.2) is 56.9 Å². The molecule has 1 atom stereocenters. The van der Waals surface area contributed by atoms with Crippen molar-refractivity contribution in [2.75, 3.05) is 12.0 Å². The van der Waals surface area contributed by atoms with Gasteiger partial charge in [0.05, 0.1) is 27.7 Å². The average molecular weight is 312 g/mol. The minimum Gasteiger partial charge on any atom is -0.461 e. The second-order valence-electron chi connectivity index (χ2n) is 4.13. The van der Waals surface area contributed by atoms with Gasteiger partial charge < -0.3 is 4.42 Å². The molecule has 5 nitrogen and oxygen atoms in total. The lowest BCUT2D eigenvalue weighted by Crippen LogP contribution is -2.10. The summed E-state index contributed by atoms with van der Waals surface area (Å²) in [6.45, 7) is 0. The first-order valence-electron chi connectivity index (χ1n) is 5.63. The Morgan fingerprint density at radius 3 is 2.35 bits per heavy atom. The van der Waals surface area contributed by atoms with Crippen LogP contribution in [-0.2, 0) is 20.6 Å². The lowest BCUT2D eigenvalue weighted by atomic mass is 10.3. The van der Waals surface area contributed by atoms with Crippen LogP contribution in [-0.4, -0.2) is 30.4 Å². The van der Waals surface area contributed by atoms with Gasteiger partial charge in [-0.05, 0) is 36.4 Å². The molecule has 2 rings (SSSR count). The van der Waals surface area contributed by atoms with E-state index in [1.54, 1.807) is 6.07 Å². The van der Waals surface area contributed by atoms with E-state index in [9.17, 15) is 17.4 Å². The van der Waals surface area contributed by atoms with Gasteiger partial charge in [0.2, 0.25) is 5.78 Å². The molecule has 0 saturated carbocycles. The van der Waals surface area contributed by atoms with E-state index in [0.717, 1.165) is 6.26 Å². The Morgan fingerprint density at radius 2 is 1.85 bits per heavy atom. The fraction of sp³-hybridized carbons (Fsp3) is 0.154. The van der Waals surface area contributed by atoms with Crippen LogP contribution >= 0.6 is 0 Å². The lowest BCUT2D eigenvalue weighted by Gasteiger charge is -2.02. The number of carbonyl (C=O) groups is 1. The molecule has 0 N–H and O–H groups in total. The van der Waals surface area contributed by atoms with E-state index in [-0.39, 0.29) is 22.2 Å². The molecule has 1 heterocycles. The highest BCUT2D eigenvalue weighted by atomic mass is 32.2. The van der Waals surface area contributed by atoms with Crippen molar-refractivity contribution >= 4 is 26.4 Å². The second-order valence-corrected chi connectivity index (χ2v) is 7.60. The van der Waals surface area contributed by atoms with Gasteiger partial charge in [0, 0.05) is 11.2 Å². The maximum atomic E-state index is 12.0. The van der Waals surface area contributed by atoms with Crippen LogP contribution in [0.3, 0.4) is 0 Å². The number of Topliss-reactive ketones (excluding diaryl/α,β-unsaturated/α-hetero) is 1. The monoisotopic (exact) mass is 312 g/mol. The van der Waals surface area contributed by atoms with Crippen LogP contribution in [0, 0.1) is 0 Å². The van der Waals surface area contributed by atoms with Gasteiger partial charge in [-0.3, -0.25) is 9.00 Å². The van der Waals surface area contributed by atoms with E-state index >= 15 is 0 Å². The average Bonchev–Trinajstić information content (AvgIpc) is 2.91. The summed E-state index contributed by atoms with van der Waals surface area (Å²) in [6.07, 6.45) is 2.47. The Bertz CT molecular complexity index is 728. The SMILES string of the molecule is CS(=O)(=O)c1ccc(S(=O)CC(=O)c2ccco2)cc1. The van der Waals surface area contributed by atoms with Gasteiger partial charge in [-0.15, -0.1) is 0 Å². The maximum absolute atomic E-state index is 12.0. The molecule has 1 aromatic heterocycles. The summed E-state index contributed by atoms with van der Waals surface area (Å²) in [5, 5.41) is 0. The summed E-state index contributed by atoms with van der Waals surface area (Å²) in [7, 11) is -4.82. The topological polar surface area (TPSA) is 81.4 Å². The summed E-state index contributed by atoms with van der Waals surface area (Å²) in [4.78, 5) is 12.3. The van der Waals surface area contributed by atoms with Crippen LogP contribution in [0.25, 0.3) is 0 Å². The van der Waals surface area contributed by atoms with Gasteiger partial charge in [-0.1, -0.05) is 0 Å². The predicted octanol–water partition coefficient (Wildman–Crippen LogP) is 1.67. The normalized spacial score (nSPS) is 13.1. The predicted molar refractivity (Wildman–Crippen MR) is 73.9 cm³/mol. The fourth-order valence-electron chi connectivity index (χ4n) is 1.55. The molecule has 0 bridgehead atoms. The molecule has 0 aliphatic heterocycles. The molecule has 0 radical (unpaired) electrons. The molecule has 0 spiro atoms. The molecule has 0 aliphatic rings. The standard InChI is InChI=1S/C13H12O5S2/c1-20(16,17)11-6-4-10(5-7-11)19(15)9-12(14)13-3-2-8-18-13/h2-8H,9H2,1H3. The molecule has 0 amide bonds. The Balaban J connectivity index is 2.12. The number of carbonyl (C=O) groups excluding carboxylic acids is 1. The van der Waals surface area contributed by atoms with E-state index < -0.39 is 20.6 Å². The highest BCUT2D eigenvalue weighted by molar-refractivity contribution is 7.90. The number of benzene rings is 1. The fourth-order valence-corrected chi connectivity index (χ4v) is 3.17. The maximum Gasteiger partial charge on any atom is 0.210 e. The molecule has 1 unspecified atom stereocenters. The smallest absolute Gasteiger partial charge is 0.210 e. The zero-order valence-electron chi connectivity index (χ0n) is 10.6. The van der Waals surface area contributed by atoms with Gasteiger partial charge >= 0.3 is 0 Å². The highest BCUT2D eigenvalue weighted by Crippen LogP contribution is 2.14. The van der Waals surface area contributed by atoms with Crippen LogP contribution in [0.1, 0.15) is 10.6 Å². The first-order chi connectivity index (χ1) is 9.38. The summed E-state index contributed by atoms with van der Waals surface area (Å²) < 4.78 is 39.6. The van der Waals surface area contributed by atoms with Crippen molar-refractivity contribution in [2.45, 2.75) is 9.79 Å². The first kappa shape index (κ1) is 14.7. The van der Waals surface area contributed by atoms with Crippen LogP contribution in [0.4, 0.5) is 0 Å². The van der Waals surface area contributed by atoms with Crippen molar-refractivity contribution in [3.8, 4) is 0 Å². The number of furan rings is 1. The second kappa shape index (κ2) is 5.72. The van der Waals surface area contributed by atoms with Gasteiger partial charge in [0.15, 0.2) is 15.6 Å².